The molecule has 1 amide bonds. The monoisotopic (exact) mass is 330 g/mol. The summed E-state index contributed by atoms with van der Waals surface area (Å²) in [6.45, 7) is 3.75. The minimum Gasteiger partial charge on any atom is -0.480 e. The number of amides is 1. The molecule has 0 saturated carbocycles. The van der Waals surface area contributed by atoms with Crippen LogP contribution in [0.1, 0.15) is 18.1 Å². The number of rotatable bonds is 5. The first-order chi connectivity index (χ1) is 11.2. The molecule has 0 spiro atoms. The fourth-order valence-corrected chi connectivity index (χ4v) is 2.81. The Morgan fingerprint density at radius 3 is 3.00 bits per heavy atom. The number of carbonyl (C=O) groups excluding carboxylic acids is 1. The van der Waals surface area contributed by atoms with Crippen molar-refractivity contribution in [3.8, 4) is 5.75 Å². The van der Waals surface area contributed by atoms with Crippen molar-refractivity contribution in [2.75, 3.05) is 11.9 Å². The first-order valence-electron chi connectivity index (χ1n) is 7.71. The van der Waals surface area contributed by atoms with Crippen LogP contribution in [0.4, 0.5) is 5.69 Å². The minimum atomic E-state index is -0.513. The third kappa shape index (κ3) is 3.84. The van der Waals surface area contributed by atoms with Crippen LogP contribution in [0.25, 0.3) is 0 Å². The van der Waals surface area contributed by atoms with Gasteiger partial charge in [0.05, 0.1) is 0 Å². The number of hydrogen-bond acceptors (Lipinski definition) is 3. The highest BCUT2D eigenvalue weighted by atomic mass is 35.5. The third-order valence-electron chi connectivity index (χ3n) is 3.76. The molecule has 5 heteroatoms. The number of ether oxygens (including phenoxy) is 1. The summed E-state index contributed by atoms with van der Waals surface area (Å²) in [5, 5.41) is 6.85. The van der Waals surface area contributed by atoms with Crippen molar-refractivity contribution < 1.29 is 9.53 Å². The van der Waals surface area contributed by atoms with Gasteiger partial charge < -0.3 is 15.4 Å². The molecule has 1 atom stereocenters. The summed E-state index contributed by atoms with van der Waals surface area (Å²) in [5.74, 6) is 0.591. The van der Waals surface area contributed by atoms with Gasteiger partial charge in [-0.3, -0.25) is 4.79 Å². The average Bonchev–Trinajstić information content (AvgIpc) is 2.96. The summed E-state index contributed by atoms with van der Waals surface area (Å²) < 4.78 is 5.71. The maximum Gasteiger partial charge on any atom is 0.265 e. The van der Waals surface area contributed by atoms with Crippen molar-refractivity contribution in [3.05, 3.63) is 58.6 Å². The number of halogens is 1. The van der Waals surface area contributed by atoms with E-state index >= 15 is 0 Å². The molecule has 1 unspecified atom stereocenters. The summed E-state index contributed by atoms with van der Waals surface area (Å²) in [6, 6.07) is 13.2. The van der Waals surface area contributed by atoms with Crippen molar-refractivity contribution in [1.29, 1.82) is 0 Å². The zero-order valence-electron chi connectivity index (χ0n) is 12.9. The highest BCUT2D eigenvalue weighted by Gasteiger charge is 2.29. The summed E-state index contributed by atoms with van der Waals surface area (Å²) in [5.41, 5.74) is 2.88. The van der Waals surface area contributed by atoms with E-state index in [2.05, 4.69) is 17.6 Å². The Kier molecular flexibility index (Phi) is 4.84. The van der Waals surface area contributed by atoms with Gasteiger partial charge in [0.2, 0.25) is 0 Å². The predicted molar refractivity (Wildman–Crippen MR) is 92.0 cm³/mol. The van der Waals surface area contributed by atoms with Crippen LogP contribution >= 0.6 is 11.6 Å². The second kappa shape index (κ2) is 7.02. The van der Waals surface area contributed by atoms with Gasteiger partial charge in [0.25, 0.3) is 5.91 Å². The van der Waals surface area contributed by atoms with Gasteiger partial charge in [-0.25, -0.2) is 0 Å². The Hall–Kier alpha value is -2.04. The summed E-state index contributed by atoms with van der Waals surface area (Å²) in [4.78, 5) is 12.4. The van der Waals surface area contributed by atoms with E-state index in [1.54, 1.807) is 6.07 Å². The highest BCUT2D eigenvalue weighted by molar-refractivity contribution is 6.30. The Labute approximate surface area is 140 Å². The summed E-state index contributed by atoms with van der Waals surface area (Å²) in [7, 11) is 0. The molecular formula is C18H19ClN2O2. The lowest BCUT2D eigenvalue weighted by Crippen LogP contribution is -2.31. The fraction of sp³-hybridized carbons (Fsp3) is 0.278. The molecule has 0 fully saturated rings. The van der Waals surface area contributed by atoms with E-state index in [1.807, 2.05) is 36.4 Å². The number of benzene rings is 2. The minimum absolute atomic E-state index is 0.141. The Morgan fingerprint density at radius 1 is 1.30 bits per heavy atom. The second-order valence-corrected chi connectivity index (χ2v) is 5.97. The molecule has 0 aliphatic carbocycles. The van der Waals surface area contributed by atoms with E-state index in [0.29, 0.717) is 11.4 Å². The van der Waals surface area contributed by atoms with Gasteiger partial charge in [0.1, 0.15) is 5.75 Å². The van der Waals surface area contributed by atoms with Crippen molar-refractivity contribution in [2.24, 2.45) is 0 Å². The summed E-state index contributed by atoms with van der Waals surface area (Å²) >= 11 is 5.98. The normalized spacial score (nSPS) is 15.8. The molecule has 1 aliphatic rings. The van der Waals surface area contributed by atoms with Gasteiger partial charge in [0, 0.05) is 23.7 Å². The smallest absolute Gasteiger partial charge is 0.265 e. The standard InChI is InChI=1S/C18H19ClN2O2/c1-2-20-11-12-4-3-5-15(8-12)21-18(22)17-10-13-9-14(19)6-7-16(13)23-17/h3-9,17,20H,2,10-11H2,1H3,(H,21,22). The number of carbonyl (C=O) groups is 1. The lowest BCUT2D eigenvalue weighted by Gasteiger charge is -2.12. The van der Waals surface area contributed by atoms with Crippen molar-refractivity contribution in [3.63, 3.8) is 0 Å². The van der Waals surface area contributed by atoms with E-state index in [4.69, 9.17) is 16.3 Å². The molecule has 2 N–H and O–H groups in total. The first-order valence-corrected chi connectivity index (χ1v) is 8.09. The Balaban J connectivity index is 1.64. The van der Waals surface area contributed by atoms with Crippen LogP contribution in [0.3, 0.4) is 0 Å². The van der Waals surface area contributed by atoms with E-state index in [1.165, 1.54) is 0 Å². The van der Waals surface area contributed by atoms with Crippen LogP contribution in [0, 0.1) is 0 Å². The molecule has 0 aromatic heterocycles. The molecule has 1 heterocycles. The van der Waals surface area contributed by atoms with Crippen molar-refractivity contribution in [2.45, 2.75) is 26.0 Å². The number of fused-ring (bicyclic) bond motifs is 1. The van der Waals surface area contributed by atoms with Crippen LogP contribution in [0.5, 0.6) is 5.75 Å². The second-order valence-electron chi connectivity index (χ2n) is 5.53. The third-order valence-corrected chi connectivity index (χ3v) is 4.00. The predicted octanol–water partition coefficient (Wildman–Crippen LogP) is 3.39. The van der Waals surface area contributed by atoms with E-state index in [9.17, 15) is 4.79 Å². The van der Waals surface area contributed by atoms with Gasteiger partial charge in [-0.1, -0.05) is 30.7 Å². The molecule has 4 nitrogen and oxygen atoms in total. The molecule has 0 bridgehead atoms. The highest BCUT2D eigenvalue weighted by Crippen LogP contribution is 2.31. The zero-order valence-corrected chi connectivity index (χ0v) is 13.7. The van der Waals surface area contributed by atoms with Crippen LogP contribution in [0.15, 0.2) is 42.5 Å². The van der Waals surface area contributed by atoms with Crippen molar-refractivity contribution >= 4 is 23.2 Å². The number of hydrogen-bond donors (Lipinski definition) is 2. The molecule has 2 aromatic carbocycles. The van der Waals surface area contributed by atoms with Gasteiger partial charge >= 0.3 is 0 Å². The van der Waals surface area contributed by atoms with E-state index < -0.39 is 6.10 Å². The first kappa shape index (κ1) is 15.8. The van der Waals surface area contributed by atoms with Crippen LogP contribution < -0.4 is 15.4 Å². The molecule has 1 aliphatic heterocycles. The largest absolute Gasteiger partial charge is 0.480 e. The van der Waals surface area contributed by atoms with Crippen LogP contribution in [-0.2, 0) is 17.8 Å². The van der Waals surface area contributed by atoms with Gasteiger partial charge in [0.15, 0.2) is 6.10 Å². The SMILES string of the molecule is CCNCc1cccc(NC(=O)C2Cc3cc(Cl)ccc3O2)c1. The molecule has 3 rings (SSSR count). The van der Waals surface area contributed by atoms with Crippen molar-refractivity contribution in [1.82, 2.24) is 5.32 Å². The lowest BCUT2D eigenvalue weighted by molar-refractivity contribution is -0.122. The van der Waals surface area contributed by atoms with Gasteiger partial charge in [-0.2, -0.15) is 0 Å². The van der Waals surface area contributed by atoms with Crippen LogP contribution in [-0.4, -0.2) is 18.6 Å². The molecular weight excluding hydrogens is 312 g/mol. The maximum atomic E-state index is 12.4. The average molecular weight is 331 g/mol. The fourth-order valence-electron chi connectivity index (χ4n) is 2.61. The topological polar surface area (TPSA) is 50.4 Å². The lowest BCUT2D eigenvalue weighted by atomic mass is 10.1. The molecule has 120 valence electrons. The van der Waals surface area contributed by atoms with Gasteiger partial charge in [-0.05, 0) is 48.0 Å². The quantitative estimate of drug-likeness (QED) is 0.883. The Bertz CT molecular complexity index is 718. The van der Waals surface area contributed by atoms with Gasteiger partial charge in [-0.15, -0.1) is 0 Å². The van der Waals surface area contributed by atoms with E-state index in [-0.39, 0.29) is 5.91 Å². The summed E-state index contributed by atoms with van der Waals surface area (Å²) in [6.07, 6.45) is 0.0274. The van der Waals surface area contributed by atoms with Crippen LogP contribution in [0.2, 0.25) is 5.02 Å². The van der Waals surface area contributed by atoms with E-state index in [0.717, 1.165) is 35.7 Å². The molecule has 2 aromatic rings. The molecule has 0 radical (unpaired) electrons. The maximum absolute atomic E-state index is 12.4. The number of nitrogens with one attached hydrogen (secondary N) is 2. The zero-order chi connectivity index (χ0) is 16.2. The molecule has 23 heavy (non-hydrogen) atoms. The Morgan fingerprint density at radius 2 is 2.17 bits per heavy atom. The molecule has 0 saturated heterocycles. The number of anilines is 1.